The van der Waals surface area contributed by atoms with Gasteiger partial charge in [-0.05, 0) is 19.4 Å². The van der Waals surface area contributed by atoms with Crippen LogP contribution in [0.3, 0.4) is 0 Å². The number of nitrogens with zero attached hydrogens (tertiary/aromatic N) is 5. The average Bonchev–Trinajstić information content (AvgIpc) is 3.19. The second-order valence-corrected chi connectivity index (χ2v) is 6.02. The summed E-state index contributed by atoms with van der Waals surface area (Å²) in [6.07, 6.45) is 9.37. The molecule has 1 N–H and O–H groups in total. The van der Waals surface area contributed by atoms with Gasteiger partial charge in [0.1, 0.15) is 0 Å². The average molecular weight is 314 g/mol. The van der Waals surface area contributed by atoms with Gasteiger partial charge in [-0.1, -0.05) is 0 Å². The number of carbonyl (C=O) groups is 1. The molecule has 0 aliphatic carbocycles. The van der Waals surface area contributed by atoms with E-state index in [1.807, 2.05) is 12.4 Å². The molecule has 1 aliphatic rings. The molecule has 0 aromatic carbocycles. The predicted molar refractivity (Wildman–Crippen MR) is 85.2 cm³/mol. The lowest BCUT2D eigenvalue weighted by molar-refractivity contribution is -0.128. The molecule has 0 unspecified atom stereocenters. The van der Waals surface area contributed by atoms with Crippen LogP contribution in [-0.4, -0.2) is 49.2 Å². The number of aromatic amines is 1. The van der Waals surface area contributed by atoms with Crippen LogP contribution < -0.4 is 0 Å². The van der Waals surface area contributed by atoms with Gasteiger partial charge in [0.15, 0.2) is 0 Å². The van der Waals surface area contributed by atoms with E-state index in [9.17, 15) is 4.79 Å². The molecular formula is C16H22N6O. The van der Waals surface area contributed by atoms with Gasteiger partial charge in [-0.2, -0.15) is 0 Å². The Morgan fingerprint density at radius 2 is 2.26 bits per heavy atom. The van der Waals surface area contributed by atoms with Gasteiger partial charge < -0.3 is 9.88 Å². The summed E-state index contributed by atoms with van der Waals surface area (Å²) < 4.78 is 0. The van der Waals surface area contributed by atoms with Crippen molar-refractivity contribution in [3.05, 3.63) is 42.0 Å². The summed E-state index contributed by atoms with van der Waals surface area (Å²) in [5, 5.41) is 0. The minimum atomic E-state index is 0.0268. The number of nitrogens with one attached hydrogen (secondary N) is 1. The molecule has 1 atom stereocenters. The molecule has 7 heteroatoms. The third-order valence-electron chi connectivity index (χ3n) is 4.27. The third-order valence-corrected chi connectivity index (χ3v) is 4.27. The Labute approximate surface area is 135 Å². The molecule has 1 aliphatic heterocycles. The first-order valence-corrected chi connectivity index (χ1v) is 7.87. The number of imidazole rings is 1. The molecule has 122 valence electrons. The number of H-pyrrole nitrogens is 1. The van der Waals surface area contributed by atoms with Gasteiger partial charge in [0, 0.05) is 32.4 Å². The Kier molecular flexibility index (Phi) is 4.66. The van der Waals surface area contributed by atoms with Crippen LogP contribution in [0.2, 0.25) is 0 Å². The molecular weight excluding hydrogens is 292 g/mol. The van der Waals surface area contributed by atoms with Crippen LogP contribution in [0.5, 0.6) is 0 Å². The van der Waals surface area contributed by atoms with Crippen LogP contribution >= 0.6 is 0 Å². The lowest BCUT2D eigenvalue weighted by Gasteiger charge is -2.23. The maximum Gasteiger partial charge on any atom is 0.219 e. The minimum absolute atomic E-state index is 0.0268. The summed E-state index contributed by atoms with van der Waals surface area (Å²) in [6, 6.07) is 0.272. The highest BCUT2D eigenvalue weighted by Gasteiger charge is 2.27. The Morgan fingerprint density at radius 1 is 1.39 bits per heavy atom. The fraction of sp³-hybridized carbons (Fsp3) is 0.500. The summed E-state index contributed by atoms with van der Waals surface area (Å²) >= 11 is 0. The van der Waals surface area contributed by atoms with Crippen molar-refractivity contribution >= 4 is 5.91 Å². The van der Waals surface area contributed by atoms with Crippen LogP contribution in [0.25, 0.3) is 0 Å². The number of aromatic nitrogens is 4. The lowest BCUT2D eigenvalue weighted by atomic mass is 10.1. The van der Waals surface area contributed by atoms with E-state index in [0.717, 1.165) is 43.0 Å². The van der Waals surface area contributed by atoms with Crippen molar-refractivity contribution in [2.75, 3.05) is 13.6 Å². The van der Waals surface area contributed by atoms with Crippen LogP contribution in [0, 0.1) is 0 Å². The van der Waals surface area contributed by atoms with E-state index < -0.39 is 0 Å². The largest absolute Gasteiger partial charge is 0.347 e. The summed E-state index contributed by atoms with van der Waals surface area (Å²) in [4.78, 5) is 31.7. The van der Waals surface area contributed by atoms with Crippen molar-refractivity contribution in [1.82, 2.24) is 29.7 Å². The van der Waals surface area contributed by atoms with E-state index in [1.54, 1.807) is 31.4 Å². The summed E-state index contributed by atoms with van der Waals surface area (Å²) in [7, 11) is 1.77. The monoisotopic (exact) mass is 314 g/mol. The van der Waals surface area contributed by atoms with Crippen LogP contribution in [0.15, 0.2) is 24.9 Å². The summed E-state index contributed by atoms with van der Waals surface area (Å²) in [6.45, 7) is 3.93. The van der Waals surface area contributed by atoms with Crippen LogP contribution in [0.1, 0.15) is 42.9 Å². The number of likely N-dealkylation sites (tertiary alicyclic amines) is 1. The van der Waals surface area contributed by atoms with E-state index in [-0.39, 0.29) is 11.9 Å². The molecule has 3 heterocycles. The zero-order valence-corrected chi connectivity index (χ0v) is 13.6. The zero-order chi connectivity index (χ0) is 16.2. The SMILES string of the molecule is CC(=O)N(C)Cc1cncc([C@H]2CCCN2Cc2cnc[nH]2)n1. The van der Waals surface area contributed by atoms with Crippen molar-refractivity contribution in [2.24, 2.45) is 0 Å². The van der Waals surface area contributed by atoms with Gasteiger partial charge in [-0.25, -0.2) is 4.98 Å². The Hall–Kier alpha value is -2.28. The fourth-order valence-corrected chi connectivity index (χ4v) is 2.95. The topological polar surface area (TPSA) is 78.0 Å². The van der Waals surface area contributed by atoms with E-state index in [4.69, 9.17) is 4.98 Å². The van der Waals surface area contributed by atoms with E-state index in [0.29, 0.717) is 6.54 Å². The standard InChI is InChI=1S/C16H22N6O/c1-12(23)21(2)9-14-7-17-8-15(20-14)16-4-3-5-22(16)10-13-6-18-11-19-13/h6-8,11,16H,3-5,9-10H2,1-2H3,(H,18,19)/t16-/m1/s1. The maximum atomic E-state index is 11.4. The van der Waals surface area contributed by atoms with Crippen molar-refractivity contribution in [3.8, 4) is 0 Å². The normalized spacial score (nSPS) is 18.3. The highest BCUT2D eigenvalue weighted by molar-refractivity contribution is 5.72. The smallest absolute Gasteiger partial charge is 0.219 e. The second-order valence-electron chi connectivity index (χ2n) is 6.02. The summed E-state index contributed by atoms with van der Waals surface area (Å²) in [5.74, 6) is 0.0268. The lowest BCUT2D eigenvalue weighted by Crippen LogP contribution is -2.26. The molecule has 3 rings (SSSR count). The third kappa shape index (κ3) is 3.73. The molecule has 2 aromatic rings. The fourth-order valence-electron chi connectivity index (χ4n) is 2.95. The molecule has 1 saturated heterocycles. The molecule has 0 radical (unpaired) electrons. The van der Waals surface area contributed by atoms with Gasteiger partial charge in [0.25, 0.3) is 0 Å². The second kappa shape index (κ2) is 6.87. The van der Waals surface area contributed by atoms with Crippen molar-refractivity contribution in [3.63, 3.8) is 0 Å². The highest BCUT2D eigenvalue weighted by Crippen LogP contribution is 2.31. The van der Waals surface area contributed by atoms with Crippen LogP contribution in [0.4, 0.5) is 0 Å². The van der Waals surface area contributed by atoms with Gasteiger partial charge in [0.05, 0.1) is 42.7 Å². The molecule has 0 bridgehead atoms. The van der Waals surface area contributed by atoms with Gasteiger partial charge in [-0.3, -0.25) is 19.7 Å². The first-order chi connectivity index (χ1) is 11.1. The van der Waals surface area contributed by atoms with E-state index in [2.05, 4.69) is 19.9 Å². The highest BCUT2D eigenvalue weighted by atomic mass is 16.2. The van der Waals surface area contributed by atoms with Gasteiger partial charge in [-0.15, -0.1) is 0 Å². The van der Waals surface area contributed by atoms with Gasteiger partial charge >= 0.3 is 0 Å². The minimum Gasteiger partial charge on any atom is -0.347 e. The Morgan fingerprint density at radius 3 is 3.00 bits per heavy atom. The molecule has 1 fully saturated rings. The van der Waals surface area contributed by atoms with Crippen molar-refractivity contribution < 1.29 is 4.79 Å². The molecule has 7 nitrogen and oxygen atoms in total. The van der Waals surface area contributed by atoms with E-state index in [1.165, 1.54) is 0 Å². The van der Waals surface area contributed by atoms with Crippen LogP contribution in [-0.2, 0) is 17.9 Å². The van der Waals surface area contributed by atoms with Crippen molar-refractivity contribution in [2.45, 2.75) is 38.9 Å². The first kappa shape index (κ1) is 15.6. The predicted octanol–water partition coefficient (Wildman–Crippen LogP) is 1.52. The number of hydrogen-bond donors (Lipinski definition) is 1. The number of amides is 1. The number of hydrogen-bond acceptors (Lipinski definition) is 5. The Balaban J connectivity index is 1.73. The van der Waals surface area contributed by atoms with E-state index >= 15 is 0 Å². The molecule has 1 amide bonds. The maximum absolute atomic E-state index is 11.4. The first-order valence-electron chi connectivity index (χ1n) is 7.87. The quantitative estimate of drug-likeness (QED) is 0.905. The molecule has 0 spiro atoms. The molecule has 0 saturated carbocycles. The zero-order valence-electron chi connectivity index (χ0n) is 13.6. The van der Waals surface area contributed by atoms with Gasteiger partial charge in [0.2, 0.25) is 5.91 Å². The Bertz CT molecular complexity index is 656. The number of rotatable bonds is 5. The summed E-state index contributed by atoms with van der Waals surface area (Å²) in [5.41, 5.74) is 2.92. The molecule has 2 aromatic heterocycles. The number of carbonyl (C=O) groups excluding carboxylic acids is 1. The van der Waals surface area contributed by atoms with Crippen molar-refractivity contribution in [1.29, 1.82) is 0 Å². The molecule has 23 heavy (non-hydrogen) atoms.